The van der Waals surface area contributed by atoms with Crippen molar-refractivity contribution >= 4 is 5.97 Å². The molecular weight excluding hydrogens is 280 g/mol. The van der Waals surface area contributed by atoms with E-state index < -0.39 is 5.41 Å². The van der Waals surface area contributed by atoms with Gasteiger partial charge in [0.1, 0.15) is 22.7 Å². The maximum Gasteiger partial charge on any atom is 0.326 e. The van der Waals surface area contributed by atoms with Gasteiger partial charge in [-0.2, -0.15) is 0 Å². The summed E-state index contributed by atoms with van der Waals surface area (Å²) < 4.78 is 5.46. The molecule has 1 heterocycles. The molecule has 0 spiro atoms. The predicted octanol–water partition coefficient (Wildman–Crippen LogP) is 3.27. The zero-order valence-corrected chi connectivity index (χ0v) is 12.8. The lowest BCUT2D eigenvalue weighted by atomic mass is 9.66. The molecule has 3 rings (SSSR count). The summed E-state index contributed by atoms with van der Waals surface area (Å²) in [5, 5.41) is 19.6. The summed E-state index contributed by atoms with van der Waals surface area (Å²) in [5.74, 6) is 0.109. The molecule has 2 N–H and O–H groups in total. The Morgan fingerprint density at radius 1 is 1.09 bits per heavy atom. The van der Waals surface area contributed by atoms with Gasteiger partial charge in [0.25, 0.3) is 0 Å². The smallest absolute Gasteiger partial charge is 0.326 e. The van der Waals surface area contributed by atoms with Gasteiger partial charge in [-0.1, -0.05) is 26.0 Å². The average molecular weight is 298 g/mol. The first-order chi connectivity index (χ1) is 10.4. The van der Waals surface area contributed by atoms with Gasteiger partial charge in [0.2, 0.25) is 0 Å². The largest absolute Gasteiger partial charge is 0.508 e. The van der Waals surface area contributed by atoms with Crippen molar-refractivity contribution in [2.24, 2.45) is 5.92 Å². The fraction of sp³-hybridized carbons (Fsp3) is 0.278. The van der Waals surface area contributed by atoms with Gasteiger partial charge in [-0.05, 0) is 42.2 Å². The molecule has 1 atom stereocenters. The highest BCUT2D eigenvalue weighted by atomic mass is 16.5. The van der Waals surface area contributed by atoms with Crippen molar-refractivity contribution in [1.29, 1.82) is 0 Å². The number of hydrogen-bond donors (Lipinski definition) is 2. The molecule has 0 amide bonds. The molecule has 0 saturated carbocycles. The van der Waals surface area contributed by atoms with E-state index >= 15 is 0 Å². The van der Waals surface area contributed by atoms with E-state index in [1.165, 1.54) is 6.07 Å². The number of carbonyl (C=O) groups is 1. The molecule has 2 aromatic carbocycles. The molecule has 2 aromatic rings. The van der Waals surface area contributed by atoms with Gasteiger partial charge < -0.3 is 14.9 Å². The van der Waals surface area contributed by atoms with Crippen LogP contribution in [0.4, 0.5) is 0 Å². The highest BCUT2D eigenvalue weighted by Crippen LogP contribution is 2.51. The molecule has 0 saturated heterocycles. The molecule has 0 radical (unpaired) electrons. The fourth-order valence-corrected chi connectivity index (χ4v) is 3.48. The number of aromatic hydroxyl groups is 2. The number of fused-ring (bicyclic) bond motifs is 1. The standard InChI is InChI=1S/C18H18O4/c1-10(2)18(12-5-4-6-13(19)8-12)16-11(3)7-14(20)9-15(16)22-17(18)21/h4-10,19-20H,1-3H3. The van der Waals surface area contributed by atoms with Gasteiger partial charge in [-0.25, -0.2) is 0 Å². The molecule has 1 aliphatic rings. The Morgan fingerprint density at radius 2 is 1.82 bits per heavy atom. The quantitative estimate of drug-likeness (QED) is 0.659. The number of hydrogen-bond acceptors (Lipinski definition) is 4. The summed E-state index contributed by atoms with van der Waals surface area (Å²) in [6, 6.07) is 9.80. The molecule has 4 heteroatoms. The molecule has 0 aromatic heterocycles. The Labute approximate surface area is 129 Å². The Kier molecular flexibility index (Phi) is 3.13. The molecule has 0 aliphatic carbocycles. The topological polar surface area (TPSA) is 66.8 Å². The minimum atomic E-state index is -0.980. The number of carbonyl (C=O) groups excluding carboxylic acids is 1. The van der Waals surface area contributed by atoms with Crippen LogP contribution in [0.25, 0.3) is 0 Å². The number of phenolic OH excluding ortho intramolecular Hbond substituents is 2. The zero-order chi connectivity index (χ0) is 16.1. The van der Waals surface area contributed by atoms with Crippen LogP contribution in [0.2, 0.25) is 0 Å². The van der Waals surface area contributed by atoms with Crippen LogP contribution in [-0.4, -0.2) is 16.2 Å². The van der Waals surface area contributed by atoms with E-state index in [9.17, 15) is 15.0 Å². The third kappa shape index (κ3) is 1.80. The third-order valence-electron chi connectivity index (χ3n) is 4.37. The predicted molar refractivity (Wildman–Crippen MR) is 82.2 cm³/mol. The monoisotopic (exact) mass is 298 g/mol. The number of esters is 1. The Bertz CT molecular complexity index is 764. The van der Waals surface area contributed by atoms with Gasteiger partial charge in [-0.3, -0.25) is 4.79 Å². The number of rotatable bonds is 2. The van der Waals surface area contributed by atoms with E-state index in [-0.39, 0.29) is 23.4 Å². The average Bonchev–Trinajstić information content (AvgIpc) is 2.71. The van der Waals surface area contributed by atoms with Crippen molar-refractivity contribution in [3.63, 3.8) is 0 Å². The van der Waals surface area contributed by atoms with E-state index in [4.69, 9.17) is 4.74 Å². The zero-order valence-electron chi connectivity index (χ0n) is 12.8. The molecule has 22 heavy (non-hydrogen) atoms. The van der Waals surface area contributed by atoms with Crippen LogP contribution in [0, 0.1) is 12.8 Å². The second kappa shape index (κ2) is 4.77. The van der Waals surface area contributed by atoms with Gasteiger partial charge >= 0.3 is 5.97 Å². The van der Waals surface area contributed by atoms with Gasteiger partial charge in [-0.15, -0.1) is 0 Å². The molecule has 0 bridgehead atoms. The first-order valence-corrected chi connectivity index (χ1v) is 7.23. The lowest BCUT2D eigenvalue weighted by Gasteiger charge is -2.32. The lowest BCUT2D eigenvalue weighted by molar-refractivity contribution is -0.138. The van der Waals surface area contributed by atoms with Crippen LogP contribution < -0.4 is 4.74 Å². The first kappa shape index (κ1) is 14.4. The van der Waals surface area contributed by atoms with Gasteiger partial charge in [0, 0.05) is 11.6 Å². The van der Waals surface area contributed by atoms with Crippen molar-refractivity contribution in [3.8, 4) is 17.2 Å². The maximum absolute atomic E-state index is 12.8. The van der Waals surface area contributed by atoms with Crippen molar-refractivity contribution in [2.75, 3.05) is 0 Å². The molecule has 4 nitrogen and oxygen atoms in total. The minimum Gasteiger partial charge on any atom is -0.508 e. The van der Waals surface area contributed by atoms with Gasteiger partial charge in [0.15, 0.2) is 0 Å². The summed E-state index contributed by atoms with van der Waals surface area (Å²) in [6.45, 7) is 5.75. The van der Waals surface area contributed by atoms with E-state index in [0.29, 0.717) is 11.3 Å². The van der Waals surface area contributed by atoms with E-state index in [0.717, 1.165) is 11.1 Å². The van der Waals surface area contributed by atoms with Crippen molar-refractivity contribution < 1.29 is 19.7 Å². The number of benzene rings is 2. The fourth-order valence-electron chi connectivity index (χ4n) is 3.48. The summed E-state index contributed by atoms with van der Waals surface area (Å²) in [5.41, 5.74) is 1.26. The van der Waals surface area contributed by atoms with Crippen LogP contribution in [0.3, 0.4) is 0 Å². The molecule has 114 valence electrons. The highest BCUT2D eigenvalue weighted by Gasteiger charge is 2.53. The second-order valence-electron chi connectivity index (χ2n) is 6.04. The summed E-state index contributed by atoms with van der Waals surface area (Å²) in [6.07, 6.45) is 0. The molecule has 0 fully saturated rings. The minimum absolute atomic E-state index is 0.0690. The summed E-state index contributed by atoms with van der Waals surface area (Å²) in [4.78, 5) is 12.8. The highest BCUT2D eigenvalue weighted by molar-refractivity contribution is 5.95. The Balaban J connectivity index is 2.37. The Hall–Kier alpha value is -2.49. The maximum atomic E-state index is 12.8. The van der Waals surface area contributed by atoms with Crippen LogP contribution in [0.15, 0.2) is 36.4 Å². The van der Waals surface area contributed by atoms with Crippen LogP contribution in [-0.2, 0) is 10.2 Å². The van der Waals surface area contributed by atoms with Crippen molar-refractivity contribution in [2.45, 2.75) is 26.2 Å². The molecule has 1 unspecified atom stereocenters. The lowest BCUT2D eigenvalue weighted by Crippen LogP contribution is -2.40. The second-order valence-corrected chi connectivity index (χ2v) is 6.04. The Morgan fingerprint density at radius 3 is 2.45 bits per heavy atom. The van der Waals surface area contributed by atoms with Crippen LogP contribution >= 0.6 is 0 Å². The van der Waals surface area contributed by atoms with Crippen molar-refractivity contribution in [3.05, 3.63) is 53.1 Å². The van der Waals surface area contributed by atoms with E-state index in [2.05, 4.69) is 0 Å². The molecular formula is C18H18O4. The third-order valence-corrected chi connectivity index (χ3v) is 4.37. The summed E-state index contributed by atoms with van der Waals surface area (Å²) in [7, 11) is 0. The number of aryl methyl sites for hydroxylation is 1. The van der Waals surface area contributed by atoms with Gasteiger partial charge in [0.05, 0.1) is 0 Å². The van der Waals surface area contributed by atoms with Crippen molar-refractivity contribution in [1.82, 2.24) is 0 Å². The first-order valence-electron chi connectivity index (χ1n) is 7.23. The van der Waals surface area contributed by atoms with Crippen LogP contribution in [0.5, 0.6) is 17.2 Å². The van der Waals surface area contributed by atoms with E-state index in [1.54, 1.807) is 24.3 Å². The van der Waals surface area contributed by atoms with E-state index in [1.807, 2.05) is 26.8 Å². The normalized spacial score (nSPS) is 20.1. The SMILES string of the molecule is Cc1cc(O)cc2c1C(c1cccc(O)c1)(C(C)C)C(=O)O2. The molecule has 1 aliphatic heterocycles. The number of phenols is 2. The number of ether oxygens (including phenoxy) is 1. The van der Waals surface area contributed by atoms with Crippen LogP contribution in [0.1, 0.15) is 30.5 Å². The summed E-state index contributed by atoms with van der Waals surface area (Å²) >= 11 is 0.